The summed E-state index contributed by atoms with van der Waals surface area (Å²) in [6, 6.07) is 7.99. The van der Waals surface area contributed by atoms with Gasteiger partial charge in [-0.05, 0) is 25.1 Å². The predicted octanol–water partition coefficient (Wildman–Crippen LogP) is 2.97. The summed E-state index contributed by atoms with van der Waals surface area (Å²) in [6.07, 6.45) is 1.05. The molecule has 1 N–H and O–H groups in total. The molecule has 4 rings (SSSR count). The number of urea groups is 1. The first-order valence-corrected chi connectivity index (χ1v) is 11.3. The number of ether oxygens (including phenoxy) is 1. The lowest BCUT2D eigenvalue weighted by Crippen LogP contribution is -2.51. The van der Waals surface area contributed by atoms with Crippen LogP contribution in [0.3, 0.4) is 0 Å². The van der Waals surface area contributed by atoms with Crippen LogP contribution in [0.15, 0.2) is 35.2 Å². The molecule has 2 aromatic rings. The fraction of sp³-hybridized carbons (Fsp3) is 0.524. The molecule has 0 bridgehead atoms. The van der Waals surface area contributed by atoms with Gasteiger partial charge in [-0.25, -0.2) is 9.78 Å². The Balaban J connectivity index is 1.27. The van der Waals surface area contributed by atoms with Gasteiger partial charge < -0.3 is 19.9 Å². The molecule has 1 aromatic carbocycles. The standard InChI is InChI=1S/C21H29N5O2S/c1-2-24-8-10-25(11-9-24)19-6-7-26(13-19)21(27)23-17-4-3-5-20(12-17)28-14-18-15-29-16-22-18/h3-5,12,15-16,19H,2,6-11,13-14H2,1H3,(H,23,27). The van der Waals surface area contributed by atoms with Crippen LogP contribution in [0.4, 0.5) is 10.5 Å². The first-order valence-electron chi connectivity index (χ1n) is 10.3. The summed E-state index contributed by atoms with van der Waals surface area (Å²) in [4.78, 5) is 23.9. The number of aromatic nitrogens is 1. The Kier molecular flexibility index (Phi) is 6.63. The number of carbonyl (C=O) groups excluding carboxylic acids is 1. The van der Waals surface area contributed by atoms with Gasteiger partial charge in [-0.3, -0.25) is 4.90 Å². The number of thiazole rings is 1. The lowest BCUT2D eigenvalue weighted by atomic mass is 10.2. The summed E-state index contributed by atoms with van der Waals surface area (Å²) < 4.78 is 5.78. The molecule has 2 fully saturated rings. The third-order valence-corrected chi connectivity index (χ3v) is 6.41. The topological polar surface area (TPSA) is 60.9 Å². The number of hydrogen-bond acceptors (Lipinski definition) is 6. The van der Waals surface area contributed by atoms with Gasteiger partial charge in [0.15, 0.2) is 0 Å². The van der Waals surface area contributed by atoms with E-state index >= 15 is 0 Å². The fourth-order valence-electron chi connectivity index (χ4n) is 4.00. The van der Waals surface area contributed by atoms with Crippen LogP contribution in [0.1, 0.15) is 19.0 Å². The zero-order valence-electron chi connectivity index (χ0n) is 16.9. The van der Waals surface area contributed by atoms with E-state index < -0.39 is 0 Å². The van der Waals surface area contributed by atoms with E-state index in [9.17, 15) is 4.79 Å². The highest BCUT2D eigenvalue weighted by Gasteiger charge is 2.31. The summed E-state index contributed by atoms with van der Waals surface area (Å²) in [5.41, 5.74) is 3.46. The van der Waals surface area contributed by atoms with Crippen LogP contribution in [0.2, 0.25) is 0 Å². The van der Waals surface area contributed by atoms with Crippen molar-refractivity contribution in [1.29, 1.82) is 0 Å². The van der Waals surface area contributed by atoms with Crippen molar-refractivity contribution >= 4 is 23.1 Å². The number of amides is 2. The molecule has 2 aliphatic rings. The van der Waals surface area contributed by atoms with Crippen LogP contribution in [0, 0.1) is 0 Å². The van der Waals surface area contributed by atoms with Crippen LogP contribution in [-0.4, -0.2) is 77.6 Å². The first kappa shape index (κ1) is 20.1. The van der Waals surface area contributed by atoms with Crippen molar-refractivity contribution in [2.24, 2.45) is 0 Å². The van der Waals surface area contributed by atoms with E-state index in [0.29, 0.717) is 12.6 Å². The number of rotatable bonds is 6. The Bertz CT molecular complexity index is 792. The van der Waals surface area contributed by atoms with Crippen LogP contribution >= 0.6 is 11.3 Å². The highest BCUT2D eigenvalue weighted by atomic mass is 32.1. The van der Waals surface area contributed by atoms with E-state index in [1.807, 2.05) is 34.5 Å². The number of hydrogen-bond donors (Lipinski definition) is 1. The molecule has 2 amide bonds. The third-order valence-electron chi connectivity index (χ3n) is 5.78. The Labute approximate surface area is 176 Å². The van der Waals surface area contributed by atoms with Crippen molar-refractivity contribution in [1.82, 2.24) is 19.7 Å². The van der Waals surface area contributed by atoms with Crippen molar-refractivity contribution in [2.75, 3.05) is 51.1 Å². The minimum Gasteiger partial charge on any atom is -0.487 e. The second-order valence-corrected chi connectivity index (χ2v) is 8.30. The zero-order valence-corrected chi connectivity index (χ0v) is 17.7. The molecule has 156 valence electrons. The summed E-state index contributed by atoms with van der Waals surface area (Å²) >= 11 is 1.55. The van der Waals surface area contributed by atoms with E-state index in [1.165, 1.54) is 0 Å². The number of benzene rings is 1. The second kappa shape index (κ2) is 9.56. The van der Waals surface area contributed by atoms with Crippen molar-refractivity contribution < 1.29 is 9.53 Å². The lowest BCUT2D eigenvalue weighted by Gasteiger charge is -2.37. The highest BCUT2D eigenvalue weighted by Crippen LogP contribution is 2.21. The van der Waals surface area contributed by atoms with Crippen LogP contribution in [0.25, 0.3) is 0 Å². The Hall–Kier alpha value is -2.16. The molecular weight excluding hydrogens is 386 g/mol. The Morgan fingerprint density at radius 3 is 2.90 bits per heavy atom. The fourth-order valence-corrected chi connectivity index (χ4v) is 4.54. The number of nitrogens with one attached hydrogen (secondary N) is 1. The van der Waals surface area contributed by atoms with E-state index in [4.69, 9.17) is 4.74 Å². The molecule has 29 heavy (non-hydrogen) atoms. The number of nitrogens with zero attached hydrogens (tertiary/aromatic N) is 4. The quantitative estimate of drug-likeness (QED) is 0.786. The van der Waals surface area contributed by atoms with Crippen LogP contribution < -0.4 is 10.1 Å². The Morgan fingerprint density at radius 1 is 1.28 bits per heavy atom. The summed E-state index contributed by atoms with van der Waals surface area (Å²) in [5.74, 6) is 0.726. The van der Waals surface area contributed by atoms with Gasteiger partial charge in [-0.1, -0.05) is 13.0 Å². The van der Waals surface area contributed by atoms with Gasteiger partial charge in [0.25, 0.3) is 0 Å². The second-order valence-electron chi connectivity index (χ2n) is 7.59. The zero-order chi connectivity index (χ0) is 20.1. The summed E-state index contributed by atoms with van der Waals surface area (Å²) in [6.45, 7) is 9.86. The maximum Gasteiger partial charge on any atom is 0.321 e. The number of anilines is 1. The van der Waals surface area contributed by atoms with Gasteiger partial charge in [0.05, 0.1) is 11.2 Å². The average Bonchev–Trinajstić information content (AvgIpc) is 3.45. The summed E-state index contributed by atoms with van der Waals surface area (Å²) in [7, 11) is 0. The molecule has 0 saturated carbocycles. The number of likely N-dealkylation sites (tertiary alicyclic amines) is 1. The smallest absolute Gasteiger partial charge is 0.321 e. The minimum absolute atomic E-state index is 0.0312. The molecule has 0 radical (unpaired) electrons. The van der Waals surface area contributed by atoms with E-state index in [0.717, 1.165) is 69.4 Å². The largest absolute Gasteiger partial charge is 0.487 e. The Morgan fingerprint density at radius 2 is 2.14 bits per heavy atom. The number of carbonyl (C=O) groups is 1. The number of piperazine rings is 1. The lowest BCUT2D eigenvalue weighted by molar-refractivity contribution is 0.103. The minimum atomic E-state index is -0.0312. The molecule has 1 atom stereocenters. The number of likely N-dealkylation sites (N-methyl/N-ethyl adjacent to an activating group) is 1. The SMILES string of the molecule is CCN1CCN(C2CCN(C(=O)Nc3cccc(OCc4cscn4)c3)C2)CC1. The maximum absolute atomic E-state index is 12.7. The van der Waals surface area contributed by atoms with Crippen LogP contribution in [-0.2, 0) is 6.61 Å². The maximum atomic E-state index is 12.7. The first-order chi connectivity index (χ1) is 14.2. The highest BCUT2D eigenvalue weighted by molar-refractivity contribution is 7.07. The normalized spacial score (nSPS) is 20.7. The average molecular weight is 416 g/mol. The van der Waals surface area contributed by atoms with Gasteiger partial charge in [0, 0.05) is 62.4 Å². The molecular formula is C21H29N5O2S. The van der Waals surface area contributed by atoms with E-state index in [1.54, 1.807) is 16.8 Å². The molecule has 1 unspecified atom stereocenters. The molecule has 7 nitrogen and oxygen atoms in total. The molecule has 0 spiro atoms. The molecule has 3 heterocycles. The van der Waals surface area contributed by atoms with Gasteiger partial charge in [0.1, 0.15) is 12.4 Å². The molecule has 8 heteroatoms. The predicted molar refractivity (Wildman–Crippen MR) is 116 cm³/mol. The molecule has 2 saturated heterocycles. The van der Waals surface area contributed by atoms with E-state index in [-0.39, 0.29) is 6.03 Å². The van der Waals surface area contributed by atoms with Crippen molar-refractivity contribution in [3.05, 3.63) is 40.8 Å². The summed E-state index contributed by atoms with van der Waals surface area (Å²) in [5, 5.41) is 4.99. The van der Waals surface area contributed by atoms with Gasteiger partial charge in [-0.15, -0.1) is 11.3 Å². The van der Waals surface area contributed by atoms with Gasteiger partial charge >= 0.3 is 6.03 Å². The van der Waals surface area contributed by atoms with Gasteiger partial charge in [0.2, 0.25) is 0 Å². The molecule has 1 aromatic heterocycles. The van der Waals surface area contributed by atoms with Gasteiger partial charge in [-0.2, -0.15) is 0 Å². The van der Waals surface area contributed by atoms with Crippen molar-refractivity contribution in [2.45, 2.75) is 26.0 Å². The molecule has 2 aliphatic heterocycles. The van der Waals surface area contributed by atoms with Crippen LogP contribution in [0.5, 0.6) is 5.75 Å². The third kappa shape index (κ3) is 5.26. The van der Waals surface area contributed by atoms with Crippen molar-refractivity contribution in [3.8, 4) is 5.75 Å². The molecule has 0 aliphatic carbocycles. The van der Waals surface area contributed by atoms with E-state index in [2.05, 4.69) is 27.0 Å². The monoisotopic (exact) mass is 415 g/mol. The van der Waals surface area contributed by atoms with Crippen molar-refractivity contribution in [3.63, 3.8) is 0 Å².